The number of alkyl carbamates (subject to hydrolysis) is 1. The third-order valence-electron chi connectivity index (χ3n) is 7.49. The first-order chi connectivity index (χ1) is 21.7. The Morgan fingerprint density at radius 2 is 1.67 bits per heavy atom. The number of hydrogen-bond acceptors (Lipinski definition) is 6. The van der Waals surface area contributed by atoms with E-state index in [2.05, 4.69) is 11.4 Å². The molecule has 3 aromatic rings. The van der Waals surface area contributed by atoms with Crippen LogP contribution >= 0.6 is 0 Å². The predicted octanol–water partition coefficient (Wildman–Crippen LogP) is 8.65. The van der Waals surface area contributed by atoms with Crippen molar-refractivity contribution in [2.75, 3.05) is 6.61 Å². The van der Waals surface area contributed by atoms with Crippen molar-refractivity contribution in [3.63, 3.8) is 0 Å². The number of carbonyl (C=O) groups excluding carboxylic acids is 2. The number of halogens is 1. The molecular weight excluding hydrogens is 585 g/mol. The van der Waals surface area contributed by atoms with Gasteiger partial charge in [-0.05, 0) is 103 Å². The lowest BCUT2D eigenvalue weighted by Gasteiger charge is -2.22. The van der Waals surface area contributed by atoms with Crippen molar-refractivity contribution < 1.29 is 32.9 Å². The van der Waals surface area contributed by atoms with Crippen LogP contribution < -0.4 is 10.1 Å². The molecule has 3 aromatic carbocycles. The highest BCUT2D eigenvalue weighted by Crippen LogP contribution is 2.31. The Morgan fingerprint density at radius 1 is 0.957 bits per heavy atom. The zero-order valence-electron chi connectivity index (χ0n) is 28.2. The van der Waals surface area contributed by atoms with Crippen molar-refractivity contribution in [3.05, 3.63) is 88.7 Å². The number of benzene rings is 3. The van der Waals surface area contributed by atoms with E-state index in [4.69, 9.17) is 18.9 Å². The van der Waals surface area contributed by atoms with E-state index in [1.54, 1.807) is 45.9 Å². The monoisotopic (exact) mass is 633 g/mol. The fourth-order valence-electron chi connectivity index (χ4n) is 5.50. The molecule has 0 spiro atoms. The van der Waals surface area contributed by atoms with Crippen LogP contribution in [0.1, 0.15) is 96.0 Å². The first kappa shape index (κ1) is 35.0. The molecule has 2 atom stereocenters. The van der Waals surface area contributed by atoms with E-state index in [1.165, 1.54) is 0 Å². The molecule has 8 heteroatoms. The van der Waals surface area contributed by atoms with E-state index in [1.807, 2.05) is 57.2 Å². The maximum Gasteiger partial charge on any atom is 0.408 e. The standard InChI is InChI=1S/C38H48FNO6/c1-25(40-36(42)46-38(5,6)7)31-14-10-15-32(35(31)39)29-21-26(17-18-30-13-11-19-43-30)20-27(22-29)24-44-33-16-9-8-12-28(33)23-34(41)45-37(2,3)4/h8-10,12,14-16,20-22,25,30H,11,13,17-19,23-24H2,1-7H3,(H,40,42)/t25-,30+/m1/s1. The van der Waals surface area contributed by atoms with Crippen LogP contribution in [0.2, 0.25) is 0 Å². The minimum absolute atomic E-state index is 0.0909. The Balaban J connectivity index is 1.59. The van der Waals surface area contributed by atoms with Gasteiger partial charge in [0.2, 0.25) is 0 Å². The summed E-state index contributed by atoms with van der Waals surface area (Å²) in [5, 5.41) is 2.75. The molecule has 0 aromatic heterocycles. The van der Waals surface area contributed by atoms with Gasteiger partial charge in [0.25, 0.3) is 0 Å². The minimum atomic E-state index is -0.664. The second kappa shape index (κ2) is 15.1. The summed E-state index contributed by atoms with van der Waals surface area (Å²) in [5.41, 5.74) is 2.93. The Labute approximate surface area is 272 Å². The van der Waals surface area contributed by atoms with E-state index in [0.29, 0.717) is 22.4 Å². The van der Waals surface area contributed by atoms with Gasteiger partial charge in [-0.3, -0.25) is 4.79 Å². The second-order valence-electron chi connectivity index (χ2n) is 13.9. The number of nitrogens with one attached hydrogen (secondary N) is 1. The molecule has 0 bridgehead atoms. The number of esters is 1. The summed E-state index contributed by atoms with van der Waals surface area (Å²) in [5.74, 6) is -0.139. The van der Waals surface area contributed by atoms with Gasteiger partial charge in [0.15, 0.2) is 0 Å². The van der Waals surface area contributed by atoms with Crippen LogP contribution in [0.25, 0.3) is 11.1 Å². The molecule has 0 aliphatic carbocycles. The quantitative estimate of drug-likeness (QED) is 0.213. The number of para-hydroxylation sites is 1. The molecule has 1 saturated heterocycles. The second-order valence-corrected chi connectivity index (χ2v) is 13.9. The first-order valence-corrected chi connectivity index (χ1v) is 16.1. The van der Waals surface area contributed by atoms with Gasteiger partial charge in [-0.25, -0.2) is 9.18 Å². The van der Waals surface area contributed by atoms with Crippen LogP contribution in [0.4, 0.5) is 9.18 Å². The van der Waals surface area contributed by atoms with Crippen molar-refractivity contribution in [2.45, 2.75) is 111 Å². The lowest BCUT2D eigenvalue weighted by atomic mass is 9.94. The van der Waals surface area contributed by atoms with Crippen molar-refractivity contribution >= 4 is 12.1 Å². The summed E-state index contributed by atoms with van der Waals surface area (Å²) in [6.45, 7) is 13.6. The van der Waals surface area contributed by atoms with Crippen LogP contribution in [0.15, 0.2) is 60.7 Å². The maximum atomic E-state index is 16.1. The van der Waals surface area contributed by atoms with Crippen LogP contribution in [0.3, 0.4) is 0 Å². The number of hydrogen-bond donors (Lipinski definition) is 1. The summed E-state index contributed by atoms with van der Waals surface area (Å²) in [4.78, 5) is 25.0. The minimum Gasteiger partial charge on any atom is -0.489 e. The third kappa shape index (κ3) is 10.6. The van der Waals surface area contributed by atoms with Crippen LogP contribution in [-0.2, 0) is 38.5 Å². The molecule has 1 amide bonds. The van der Waals surface area contributed by atoms with Gasteiger partial charge in [-0.2, -0.15) is 0 Å². The highest BCUT2D eigenvalue weighted by molar-refractivity contribution is 5.74. The molecular formula is C38H48FNO6. The van der Waals surface area contributed by atoms with Gasteiger partial charge in [0.05, 0.1) is 18.6 Å². The summed E-state index contributed by atoms with van der Waals surface area (Å²) in [7, 11) is 0. The van der Waals surface area contributed by atoms with E-state index in [0.717, 1.165) is 49.0 Å². The summed E-state index contributed by atoms with van der Waals surface area (Å²) in [6.07, 6.45) is 3.48. The lowest BCUT2D eigenvalue weighted by Crippen LogP contribution is -2.34. The highest BCUT2D eigenvalue weighted by atomic mass is 19.1. The highest BCUT2D eigenvalue weighted by Gasteiger charge is 2.22. The van der Waals surface area contributed by atoms with Crippen LogP contribution in [0, 0.1) is 5.82 Å². The molecule has 1 heterocycles. The normalized spacial score (nSPS) is 15.7. The van der Waals surface area contributed by atoms with E-state index in [-0.39, 0.29) is 25.1 Å². The van der Waals surface area contributed by atoms with E-state index >= 15 is 4.39 Å². The number of aryl methyl sites for hydroxylation is 1. The van der Waals surface area contributed by atoms with Gasteiger partial charge >= 0.3 is 12.1 Å². The number of rotatable bonds is 11. The topological polar surface area (TPSA) is 83.1 Å². The Hall–Kier alpha value is -3.91. The molecule has 1 fully saturated rings. The lowest BCUT2D eigenvalue weighted by molar-refractivity contribution is -0.153. The fourth-order valence-corrected chi connectivity index (χ4v) is 5.50. The van der Waals surface area contributed by atoms with Crippen LogP contribution in [-0.4, -0.2) is 36.0 Å². The van der Waals surface area contributed by atoms with Gasteiger partial charge in [0, 0.05) is 23.3 Å². The number of carbonyl (C=O) groups is 2. The molecule has 4 rings (SSSR count). The fraction of sp³-hybridized carbons (Fsp3) is 0.474. The van der Waals surface area contributed by atoms with Crippen molar-refractivity contribution in [3.8, 4) is 16.9 Å². The largest absolute Gasteiger partial charge is 0.489 e. The van der Waals surface area contributed by atoms with Gasteiger partial charge in [-0.1, -0.05) is 48.5 Å². The zero-order valence-corrected chi connectivity index (χ0v) is 28.2. The number of amides is 1. The molecule has 0 unspecified atom stereocenters. The van der Waals surface area contributed by atoms with Crippen molar-refractivity contribution in [1.29, 1.82) is 0 Å². The Kier molecular flexibility index (Phi) is 11.5. The average Bonchev–Trinajstić information content (AvgIpc) is 3.47. The first-order valence-electron chi connectivity index (χ1n) is 16.1. The summed E-state index contributed by atoms with van der Waals surface area (Å²) in [6, 6.07) is 18.1. The average molecular weight is 634 g/mol. The molecule has 1 aliphatic heterocycles. The Morgan fingerprint density at radius 3 is 2.37 bits per heavy atom. The Bertz CT molecular complexity index is 1500. The van der Waals surface area contributed by atoms with Crippen molar-refractivity contribution in [1.82, 2.24) is 5.32 Å². The smallest absolute Gasteiger partial charge is 0.408 e. The molecule has 0 saturated carbocycles. The van der Waals surface area contributed by atoms with Gasteiger partial charge < -0.3 is 24.3 Å². The predicted molar refractivity (Wildman–Crippen MR) is 177 cm³/mol. The maximum absolute atomic E-state index is 16.1. The molecule has 0 radical (unpaired) electrons. The molecule has 1 aliphatic rings. The molecule has 1 N–H and O–H groups in total. The van der Waals surface area contributed by atoms with Crippen LogP contribution in [0.5, 0.6) is 5.75 Å². The van der Waals surface area contributed by atoms with Gasteiger partial charge in [0.1, 0.15) is 29.4 Å². The SMILES string of the molecule is C[C@@H](NC(=O)OC(C)(C)C)c1cccc(-c2cc(CC[C@@H]3CCCO3)cc(COc3ccccc3CC(=O)OC(C)(C)C)c2)c1F. The molecule has 248 valence electrons. The zero-order chi connectivity index (χ0) is 33.5. The summed E-state index contributed by atoms with van der Waals surface area (Å²) < 4.78 is 39.2. The molecule has 46 heavy (non-hydrogen) atoms. The van der Waals surface area contributed by atoms with E-state index in [9.17, 15) is 9.59 Å². The number of ether oxygens (including phenoxy) is 4. The van der Waals surface area contributed by atoms with Crippen molar-refractivity contribution in [2.24, 2.45) is 0 Å². The molecule has 7 nitrogen and oxygen atoms in total. The third-order valence-corrected chi connectivity index (χ3v) is 7.49. The summed E-state index contributed by atoms with van der Waals surface area (Å²) >= 11 is 0. The van der Waals surface area contributed by atoms with E-state index < -0.39 is 29.2 Å². The van der Waals surface area contributed by atoms with Gasteiger partial charge in [-0.15, -0.1) is 0 Å².